The van der Waals surface area contributed by atoms with Crippen molar-refractivity contribution in [1.82, 2.24) is 4.57 Å². The lowest BCUT2D eigenvalue weighted by Gasteiger charge is -2.32. The van der Waals surface area contributed by atoms with Crippen LogP contribution in [0.4, 0.5) is 0 Å². The first kappa shape index (κ1) is 32.3. The van der Waals surface area contributed by atoms with Crippen molar-refractivity contribution >= 4 is 23.6 Å². The Morgan fingerprint density at radius 1 is 1.09 bits per heavy atom. The van der Waals surface area contributed by atoms with Gasteiger partial charge in [-0.25, -0.2) is 0 Å². The predicted octanol–water partition coefficient (Wildman–Crippen LogP) is 4.30. The van der Waals surface area contributed by atoms with Crippen LogP contribution in [0.1, 0.15) is 91.4 Å². The molecular weight excluding hydrogens is 550 g/mol. The Bertz CT molecular complexity index is 1400. The zero-order chi connectivity index (χ0) is 31.7. The molecule has 1 heterocycles. The summed E-state index contributed by atoms with van der Waals surface area (Å²) in [5.41, 5.74) is 9.06. The van der Waals surface area contributed by atoms with Gasteiger partial charge < -0.3 is 29.0 Å². The van der Waals surface area contributed by atoms with Crippen LogP contribution in [0.15, 0.2) is 24.3 Å². The molecule has 1 aromatic heterocycles. The lowest BCUT2D eigenvalue weighted by molar-refractivity contribution is -0.873. The summed E-state index contributed by atoms with van der Waals surface area (Å²) in [7, 11) is 5.91. The highest BCUT2D eigenvalue weighted by Gasteiger charge is 2.35. The maximum atomic E-state index is 13.0. The average molecular weight is 597 g/mol. The van der Waals surface area contributed by atoms with Crippen LogP contribution in [-0.4, -0.2) is 78.7 Å². The van der Waals surface area contributed by atoms with E-state index in [0.29, 0.717) is 41.6 Å². The third-order valence-electron chi connectivity index (χ3n) is 8.01. The van der Waals surface area contributed by atoms with Crippen LogP contribution in [-0.2, 0) is 25.5 Å². The van der Waals surface area contributed by atoms with Crippen molar-refractivity contribution in [2.45, 2.75) is 91.0 Å². The number of aromatic nitrogens is 1. The maximum Gasteiger partial charge on any atom is 0.310 e. The predicted molar refractivity (Wildman–Crippen MR) is 161 cm³/mol. The lowest BCUT2D eigenvalue weighted by Crippen LogP contribution is -2.44. The number of likely N-dealkylation sites (N-methyl/N-ethyl adjacent to an activating group) is 1. The van der Waals surface area contributed by atoms with Crippen molar-refractivity contribution in [3.8, 4) is 11.4 Å². The summed E-state index contributed by atoms with van der Waals surface area (Å²) in [6, 6.07) is 7.07. The van der Waals surface area contributed by atoms with Gasteiger partial charge in [0.25, 0.3) is 0 Å². The number of benzene rings is 1. The van der Waals surface area contributed by atoms with E-state index in [2.05, 4.69) is 18.4 Å². The van der Waals surface area contributed by atoms with Crippen molar-refractivity contribution in [1.29, 1.82) is 0 Å². The standard InChI is InChI=1S/C33H45N3O7/c1-20-13-26-28(17-33(3,4)18-29(26)38)35(20)27-12-11-22(32(34)40)14-30(27)42-23-9-8-10-24(15-23)43-31(39)16-25(41-21(2)37)19-36(5,6)7/h11-14,23-25H,8-10,15-19H2,1-7H3,(H-,34,40)/p+1. The number of esters is 2. The molecule has 1 aromatic carbocycles. The van der Waals surface area contributed by atoms with Gasteiger partial charge in [0.1, 0.15) is 24.5 Å². The molecule has 2 aliphatic carbocycles. The topological polar surface area (TPSA) is 127 Å². The highest BCUT2D eigenvalue weighted by atomic mass is 16.6. The summed E-state index contributed by atoms with van der Waals surface area (Å²) in [6.45, 7) is 7.96. The summed E-state index contributed by atoms with van der Waals surface area (Å²) in [5.74, 6) is -0.796. The van der Waals surface area contributed by atoms with Crippen molar-refractivity contribution in [3.63, 3.8) is 0 Å². The van der Waals surface area contributed by atoms with E-state index in [4.69, 9.17) is 19.9 Å². The molecular formula is C33H46N3O7+. The number of Topliss-reactive ketones (excluding diaryl/α,β-unsaturated/α-hetero) is 1. The summed E-state index contributed by atoms with van der Waals surface area (Å²) >= 11 is 0. The number of quaternary nitrogens is 1. The molecule has 10 heteroatoms. The molecule has 1 saturated carbocycles. The smallest absolute Gasteiger partial charge is 0.310 e. The van der Waals surface area contributed by atoms with Crippen LogP contribution >= 0.6 is 0 Å². The van der Waals surface area contributed by atoms with Gasteiger partial charge in [0, 0.05) is 42.3 Å². The highest BCUT2D eigenvalue weighted by Crippen LogP contribution is 2.40. The molecule has 234 valence electrons. The molecule has 2 aliphatic rings. The Kier molecular flexibility index (Phi) is 9.39. The Morgan fingerprint density at radius 3 is 2.44 bits per heavy atom. The molecule has 3 atom stereocenters. The van der Waals surface area contributed by atoms with Gasteiger partial charge in [0.15, 0.2) is 11.9 Å². The monoisotopic (exact) mass is 596 g/mol. The Morgan fingerprint density at radius 2 is 1.79 bits per heavy atom. The van der Waals surface area contributed by atoms with Crippen LogP contribution in [0.2, 0.25) is 0 Å². The second kappa shape index (κ2) is 12.5. The van der Waals surface area contributed by atoms with Gasteiger partial charge in [-0.3, -0.25) is 19.2 Å². The summed E-state index contributed by atoms with van der Waals surface area (Å²) < 4.78 is 20.4. The molecule has 0 radical (unpaired) electrons. The molecule has 1 amide bonds. The molecule has 10 nitrogen and oxygen atoms in total. The molecule has 43 heavy (non-hydrogen) atoms. The second-order valence-corrected chi connectivity index (χ2v) is 13.9. The van der Waals surface area contributed by atoms with Crippen LogP contribution in [0.5, 0.6) is 5.75 Å². The Labute approximate surface area is 254 Å². The molecule has 1 fully saturated rings. The number of fused-ring (bicyclic) bond motifs is 1. The first-order valence-electron chi connectivity index (χ1n) is 15.0. The number of primary amides is 1. The molecule has 3 unspecified atom stereocenters. The van der Waals surface area contributed by atoms with Crippen LogP contribution in [0.3, 0.4) is 0 Å². The second-order valence-electron chi connectivity index (χ2n) is 13.9. The number of ketones is 1. The third-order valence-corrected chi connectivity index (χ3v) is 8.01. The van der Waals surface area contributed by atoms with E-state index in [1.165, 1.54) is 6.92 Å². The van der Waals surface area contributed by atoms with Crippen molar-refractivity contribution < 1.29 is 37.9 Å². The van der Waals surface area contributed by atoms with Crippen molar-refractivity contribution in [2.24, 2.45) is 11.1 Å². The summed E-state index contributed by atoms with van der Waals surface area (Å²) in [6.07, 6.45) is 2.73. The van der Waals surface area contributed by atoms with Crippen molar-refractivity contribution in [2.75, 3.05) is 27.7 Å². The minimum atomic E-state index is -0.577. The minimum absolute atomic E-state index is 0.0188. The number of aryl methyl sites for hydroxylation is 1. The van der Waals surface area contributed by atoms with Crippen LogP contribution in [0, 0.1) is 12.3 Å². The molecule has 0 bridgehead atoms. The summed E-state index contributed by atoms with van der Waals surface area (Å²) in [5, 5.41) is 0. The molecule has 0 saturated heterocycles. The fraction of sp³-hybridized carbons (Fsp3) is 0.576. The number of rotatable bonds is 10. The SMILES string of the molecule is CC(=O)OC(CC(=O)OC1CCCC(Oc2cc(C(N)=O)ccc2-n2c(C)cc3c2CC(C)(C)CC3=O)C1)C[N+](C)(C)C. The molecule has 2 N–H and O–H groups in total. The van der Waals surface area contributed by atoms with E-state index in [-0.39, 0.29) is 29.8 Å². The van der Waals surface area contributed by atoms with Crippen molar-refractivity contribution in [3.05, 3.63) is 46.8 Å². The van der Waals surface area contributed by atoms with E-state index >= 15 is 0 Å². The fourth-order valence-corrected chi connectivity index (χ4v) is 6.34. The number of amides is 1. The first-order chi connectivity index (χ1) is 20.0. The summed E-state index contributed by atoms with van der Waals surface area (Å²) in [4.78, 5) is 49.6. The normalized spacial score (nSPS) is 20.6. The van der Waals surface area contributed by atoms with Gasteiger partial charge in [0.05, 0.1) is 33.3 Å². The van der Waals surface area contributed by atoms with E-state index < -0.39 is 23.9 Å². The van der Waals surface area contributed by atoms with Gasteiger partial charge in [-0.15, -0.1) is 0 Å². The molecule has 2 aromatic rings. The zero-order valence-corrected chi connectivity index (χ0v) is 26.5. The maximum absolute atomic E-state index is 13.0. The Balaban J connectivity index is 1.54. The molecule has 0 spiro atoms. The van der Waals surface area contributed by atoms with Gasteiger partial charge in [-0.1, -0.05) is 13.8 Å². The van der Waals surface area contributed by atoms with Gasteiger partial charge in [-0.2, -0.15) is 0 Å². The highest BCUT2D eigenvalue weighted by molar-refractivity contribution is 5.99. The minimum Gasteiger partial charge on any atom is -0.488 e. The van der Waals surface area contributed by atoms with E-state index in [9.17, 15) is 19.2 Å². The Hall–Kier alpha value is -3.66. The largest absolute Gasteiger partial charge is 0.488 e. The van der Waals surface area contributed by atoms with E-state index in [1.807, 2.05) is 40.2 Å². The van der Waals surface area contributed by atoms with Gasteiger partial charge in [0.2, 0.25) is 5.91 Å². The number of hydrogen-bond donors (Lipinski definition) is 1. The first-order valence-corrected chi connectivity index (χ1v) is 15.0. The fourth-order valence-electron chi connectivity index (χ4n) is 6.34. The lowest BCUT2D eigenvalue weighted by atomic mass is 9.76. The van der Waals surface area contributed by atoms with Gasteiger partial charge >= 0.3 is 11.9 Å². The molecule has 0 aliphatic heterocycles. The third kappa shape index (κ3) is 8.25. The molecule has 4 rings (SSSR count). The van der Waals surface area contributed by atoms with Gasteiger partial charge in [-0.05, 0) is 62.3 Å². The quantitative estimate of drug-likeness (QED) is 0.320. The van der Waals surface area contributed by atoms with E-state index in [0.717, 1.165) is 41.9 Å². The number of carbonyl (C=O) groups excluding carboxylic acids is 4. The number of ether oxygens (including phenoxy) is 3. The number of hydrogen-bond acceptors (Lipinski definition) is 7. The van der Waals surface area contributed by atoms with Crippen LogP contribution < -0.4 is 10.5 Å². The van der Waals surface area contributed by atoms with E-state index in [1.54, 1.807) is 12.1 Å². The van der Waals surface area contributed by atoms with Crippen LogP contribution in [0.25, 0.3) is 5.69 Å². The number of nitrogens with two attached hydrogens (primary N) is 1. The average Bonchev–Trinajstić information content (AvgIpc) is 3.17. The number of nitrogens with zero attached hydrogens (tertiary/aromatic N) is 2. The number of carbonyl (C=O) groups is 4. The zero-order valence-electron chi connectivity index (χ0n) is 26.5.